The molecular weight excluding hydrogens is 280 g/mol. The van der Waals surface area contributed by atoms with Crippen molar-refractivity contribution in [3.8, 4) is 0 Å². The molecule has 4 heteroatoms. The second-order valence-corrected chi connectivity index (χ2v) is 5.45. The molecule has 22 heavy (non-hydrogen) atoms. The fraction of sp³-hybridized carbons (Fsp3) is 0.444. The van der Waals surface area contributed by atoms with Gasteiger partial charge in [-0.15, -0.1) is 0 Å². The van der Waals surface area contributed by atoms with Crippen LogP contribution in [0.3, 0.4) is 0 Å². The average molecular weight is 304 g/mol. The zero-order chi connectivity index (χ0) is 16.7. The predicted octanol–water partition coefficient (Wildman–Crippen LogP) is 4.06. The molecule has 0 spiro atoms. The van der Waals surface area contributed by atoms with E-state index in [0.717, 1.165) is 11.1 Å². The molecule has 120 valence electrons. The average Bonchev–Trinajstić information content (AvgIpc) is 2.43. The van der Waals surface area contributed by atoms with Gasteiger partial charge < -0.3 is 9.47 Å². The molecule has 0 atom stereocenters. The Morgan fingerprint density at radius 3 is 2.18 bits per heavy atom. The first-order valence-corrected chi connectivity index (χ1v) is 7.48. The van der Waals surface area contributed by atoms with E-state index in [-0.39, 0.29) is 0 Å². The van der Waals surface area contributed by atoms with Crippen LogP contribution in [0.1, 0.15) is 58.1 Å². The van der Waals surface area contributed by atoms with E-state index in [2.05, 4.69) is 26.0 Å². The van der Waals surface area contributed by atoms with Gasteiger partial charge in [0.1, 0.15) is 0 Å². The summed E-state index contributed by atoms with van der Waals surface area (Å²) in [5.74, 6) is -0.542. The molecule has 0 saturated heterocycles. The van der Waals surface area contributed by atoms with Gasteiger partial charge in [0.15, 0.2) is 0 Å². The van der Waals surface area contributed by atoms with E-state index < -0.39 is 18.2 Å². The highest BCUT2D eigenvalue weighted by molar-refractivity contribution is 5.69. The Kier molecular flexibility index (Phi) is 6.83. The summed E-state index contributed by atoms with van der Waals surface area (Å²) in [4.78, 5) is 22.4. The third-order valence-corrected chi connectivity index (χ3v) is 3.19. The lowest BCUT2D eigenvalue weighted by Gasteiger charge is -2.19. The molecule has 0 unspecified atom stereocenters. The van der Waals surface area contributed by atoms with Crippen molar-refractivity contribution in [2.24, 2.45) is 0 Å². The molecule has 1 rings (SSSR count). The number of benzene rings is 1. The first kappa shape index (κ1) is 18.0. The van der Waals surface area contributed by atoms with Crippen LogP contribution in [0.4, 0.5) is 0 Å². The maximum Gasteiger partial charge on any atom is 0.305 e. The first-order chi connectivity index (χ1) is 10.3. The van der Waals surface area contributed by atoms with Gasteiger partial charge in [0.2, 0.25) is 0 Å². The largest absolute Gasteiger partial charge is 0.421 e. The Labute approximate surface area is 132 Å². The van der Waals surface area contributed by atoms with Crippen molar-refractivity contribution >= 4 is 18.0 Å². The molecule has 4 nitrogen and oxygen atoms in total. The van der Waals surface area contributed by atoms with Crippen molar-refractivity contribution in [3.63, 3.8) is 0 Å². The molecule has 0 aliphatic carbocycles. The van der Waals surface area contributed by atoms with Crippen LogP contribution in [0.5, 0.6) is 0 Å². The van der Waals surface area contributed by atoms with E-state index in [1.807, 2.05) is 25.1 Å². The molecule has 0 amide bonds. The van der Waals surface area contributed by atoms with E-state index >= 15 is 0 Å². The van der Waals surface area contributed by atoms with Crippen molar-refractivity contribution in [1.82, 2.24) is 0 Å². The lowest BCUT2D eigenvalue weighted by molar-refractivity contribution is -0.178. The van der Waals surface area contributed by atoms with Crippen LogP contribution >= 0.6 is 0 Å². The Bertz CT molecular complexity index is 542. The van der Waals surface area contributed by atoms with Gasteiger partial charge in [0.05, 0.1) is 0 Å². The highest BCUT2D eigenvalue weighted by Gasteiger charge is 2.19. The van der Waals surface area contributed by atoms with E-state index in [4.69, 9.17) is 9.47 Å². The Morgan fingerprint density at radius 2 is 1.73 bits per heavy atom. The summed E-state index contributed by atoms with van der Waals surface area (Å²) in [7, 11) is 0. The number of carbonyl (C=O) groups is 2. The summed E-state index contributed by atoms with van der Waals surface area (Å²) >= 11 is 0. The molecular formula is C18H24O4. The van der Waals surface area contributed by atoms with Crippen LogP contribution < -0.4 is 0 Å². The molecule has 1 aromatic carbocycles. The number of esters is 2. The van der Waals surface area contributed by atoms with Crippen LogP contribution in [-0.4, -0.2) is 18.2 Å². The molecule has 0 N–H and O–H groups in total. The number of ether oxygens (including phenoxy) is 2. The van der Waals surface area contributed by atoms with Crippen LogP contribution in [0.15, 0.2) is 29.8 Å². The normalized spacial score (nSPS) is 11.7. The lowest BCUT2D eigenvalue weighted by atomic mass is 9.99. The van der Waals surface area contributed by atoms with Crippen molar-refractivity contribution in [2.45, 2.75) is 53.2 Å². The molecule has 0 bridgehead atoms. The highest BCUT2D eigenvalue weighted by Crippen LogP contribution is 2.21. The van der Waals surface area contributed by atoms with Crippen molar-refractivity contribution in [3.05, 3.63) is 41.0 Å². The first-order valence-electron chi connectivity index (χ1n) is 7.48. The smallest absolute Gasteiger partial charge is 0.305 e. The maximum atomic E-state index is 11.2. The molecule has 0 saturated carbocycles. The highest BCUT2D eigenvalue weighted by atomic mass is 16.7. The number of carbonyl (C=O) groups excluding carboxylic acids is 2. The quantitative estimate of drug-likeness (QED) is 0.587. The number of hydrogen-bond acceptors (Lipinski definition) is 4. The third-order valence-electron chi connectivity index (χ3n) is 3.19. The van der Waals surface area contributed by atoms with Crippen LogP contribution in [0, 0.1) is 0 Å². The number of hydrogen-bond donors (Lipinski definition) is 0. The molecule has 0 heterocycles. The molecule has 0 aromatic heterocycles. The fourth-order valence-corrected chi connectivity index (χ4v) is 2.04. The van der Waals surface area contributed by atoms with Crippen molar-refractivity contribution < 1.29 is 19.1 Å². The Balaban J connectivity index is 3.11. The molecule has 0 fully saturated rings. The lowest BCUT2D eigenvalue weighted by Crippen LogP contribution is -2.24. The predicted molar refractivity (Wildman–Crippen MR) is 86.1 cm³/mol. The maximum absolute atomic E-state index is 11.2. The zero-order valence-corrected chi connectivity index (χ0v) is 13.9. The summed E-state index contributed by atoms with van der Waals surface area (Å²) in [6.45, 7) is 8.78. The summed E-state index contributed by atoms with van der Waals surface area (Å²) in [5, 5.41) is 0. The third kappa shape index (κ3) is 5.72. The monoisotopic (exact) mass is 304 g/mol. The van der Waals surface area contributed by atoms with Gasteiger partial charge in [-0.3, -0.25) is 9.59 Å². The second kappa shape index (κ2) is 8.37. The molecule has 1 aromatic rings. The van der Waals surface area contributed by atoms with Gasteiger partial charge in [-0.05, 0) is 29.5 Å². The molecule has 0 aliphatic heterocycles. The SMILES string of the molecule is CCC(=Cc1cccc(C(C)C)c1)C(OC(C)=O)OC(C)=O. The second-order valence-electron chi connectivity index (χ2n) is 5.45. The minimum atomic E-state index is -0.970. The van der Waals surface area contributed by atoms with Crippen molar-refractivity contribution in [1.29, 1.82) is 0 Å². The van der Waals surface area contributed by atoms with Gasteiger partial charge >= 0.3 is 11.9 Å². The fourth-order valence-electron chi connectivity index (χ4n) is 2.04. The minimum Gasteiger partial charge on any atom is -0.421 e. The van der Waals surface area contributed by atoms with Gasteiger partial charge in [-0.25, -0.2) is 0 Å². The summed E-state index contributed by atoms with van der Waals surface area (Å²) in [6, 6.07) is 8.11. The zero-order valence-electron chi connectivity index (χ0n) is 13.9. The van der Waals surface area contributed by atoms with Gasteiger partial charge in [0.25, 0.3) is 6.29 Å². The summed E-state index contributed by atoms with van der Waals surface area (Å²) in [6.07, 6.45) is 1.54. The topological polar surface area (TPSA) is 52.6 Å². The van der Waals surface area contributed by atoms with Crippen LogP contribution in [0.25, 0.3) is 6.08 Å². The molecule has 0 aliphatic rings. The van der Waals surface area contributed by atoms with E-state index in [0.29, 0.717) is 12.3 Å². The van der Waals surface area contributed by atoms with Crippen LogP contribution in [0.2, 0.25) is 0 Å². The Hall–Kier alpha value is -2.10. The van der Waals surface area contributed by atoms with Crippen molar-refractivity contribution in [2.75, 3.05) is 0 Å². The van der Waals surface area contributed by atoms with Gasteiger partial charge in [-0.1, -0.05) is 45.0 Å². The van der Waals surface area contributed by atoms with Crippen LogP contribution in [-0.2, 0) is 19.1 Å². The summed E-state index contributed by atoms with van der Waals surface area (Å²) in [5.41, 5.74) is 2.96. The van der Waals surface area contributed by atoms with E-state index in [1.54, 1.807) is 0 Å². The standard InChI is InChI=1S/C18H24O4/c1-6-16(18(21-13(4)19)22-14(5)20)10-15-8-7-9-17(11-15)12(2)3/h7-12,18H,6H2,1-5H3. The Morgan fingerprint density at radius 1 is 1.14 bits per heavy atom. The van der Waals surface area contributed by atoms with E-state index in [9.17, 15) is 9.59 Å². The molecule has 0 radical (unpaired) electrons. The summed E-state index contributed by atoms with van der Waals surface area (Å²) < 4.78 is 10.2. The number of rotatable bonds is 6. The minimum absolute atomic E-state index is 0.427. The van der Waals surface area contributed by atoms with Gasteiger partial charge in [-0.2, -0.15) is 0 Å². The van der Waals surface area contributed by atoms with E-state index in [1.165, 1.54) is 19.4 Å². The van der Waals surface area contributed by atoms with Gasteiger partial charge in [0, 0.05) is 19.4 Å².